The van der Waals surface area contributed by atoms with E-state index < -0.39 is 26.6 Å². The van der Waals surface area contributed by atoms with Crippen LogP contribution in [-0.4, -0.2) is 43.4 Å². The maximum absolute atomic E-state index is 9.96. The normalized spacial score (nSPS) is 27.4. The first-order chi connectivity index (χ1) is 9.23. The van der Waals surface area contributed by atoms with Crippen LogP contribution in [0.3, 0.4) is 0 Å². The van der Waals surface area contributed by atoms with Gasteiger partial charge in [-0.15, -0.1) is 0 Å². The molecule has 0 fully saturated rings. The van der Waals surface area contributed by atoms with Crippen molar-refractivity contribution in [1.29, 1.82) is 0 Å². The first-order valence-corrected chi connectivity index (χ1v) is 9.69. The predicted octanol–water partition coefficient (Wildman–Crippen LogP) is 2.81. The number of hydrogen-bond acceptors (Lipinski definition) is 4. The average Bonchev–Trinajstić information content (AvgIpc) is 2.33. The summed E-state index contributed by atoms with van der Waals surface area (Å²) in [6.45, 7) is 13.7. The first kappa shape index (κ1) is 17.7. The predicted molar refractivity (Wildman–Crippen MR) is 83.0 cm³/mol. The lowest BCUT2D eigenvalue weighted by Gasteiger charge is -2.43. The summed E-state index contributed by atoms with van der Waals surface area (Å²) >= 11 is 0. The van der Waals surface area contributed by atoms with E-state index in [0.29, 0.717) is 23.2 Å². The van der Waals surface area contributed by atoms with Crippen molar-refractivity contribution in [3.63, 3.8) is 0 Å². The summed E-state index contributed by atoms with van der Waals surface area (Å²) < 4.78 is 11.8. The molecule has 2 N–H and O–H groups in total. The first-order valence-electron chi connectivity index (χ1n) is 7.55. The van der Waals surface area contributed by atoms with E-state index in [1.165, 1.54) is 12.3 Å². The van der Waals surface area contributed by atoms with Gasteiger partial charge in [0.1, 0.15) is 18.3 Å². The highest BCUT2D eigenvalue weighted by Crippen LogP contribution is 2.42. The summed E-state index contributed by atoms with van der Waals surface area (Å²) in [5, 5.41) is 19.6. The third-order valence-corrected chi connectivity index (χ3v) is 10.5. The van der Waals surface area contributed by atoms with Crippen molar-refractivity contribution >= 4 is 8.32 Å². The molecule has 0 aromatic carbocycles. The van der Waals surface area contributed by atoms with E-state index in [1.54, 1.807) is 0 Å². The molecule has 118 valence electrons. The van der Waals surface area contributed by atoms with Crippen LogP contribution in [0.25, 0.3) is 0 Å². The third kappa shape index (κ3) is 3.45. The monoisotopic (exact) mass is 302 g/mol. The zero-order valence-corrected chi connectivity index (χ0v) is 14.5. The van der Waals surface area contributed by atoms with Crippen LogP contribution in [0.2, 0.25) is 16.6 Å². The molecular weight excluding hydrogens is 272 g/mol. The van der Waals surface area contributed by atoms with Crippen molar-refractivity contribution in [2.75, 3.05) is 6.61 Å². The van der Waals surface area contributed by atoms with Crippen LogP contribution < -0.4 is 0 Å². The Kier molecular flexibility index (Phi) is 6.25. The maximum atomic E-state index is 9.96. The fraction of sp³-hybridized carbons (Fsp3) is 0.867. The van der Waals surface area contributed by atoms with Gasteiger partial charge in [-0.1, -0.05) is 41.5 Å². The molecule has 0 bridgehead atoms. The van der Waals surface area contributed by atoms with Gasteiger partial charge in [-0.3, -0.25) is 0 Å². The van der Waals surface area contributed by atoms with Gasteiger partial charge in [0.15, 0.2) is 0 Å². The van der Waals surface area contributed by atoms with Gasteiger partial charge < -0.3 is 19.4 Å². The smallest absolute Gasteiger partial charge is 0.200 e. The van der Waals surface area contributed by atoms with Crippen LogP contribution in [0.5, 0.6) is 0 Å². The van der Waals surface area contributed by atoms with Gasteiger partial charge in [0, 0.05) is 0 Å². The number of aliphatic hydroxyl groups excluding tert-OH is 2. The van der Waals surface area contributed by atoms with Crippen molar-refractivity contribution in [3.8, 4) is 0 Å². The van der Waals surface area contributed by atoms with E-state index in [2.05, 4.69) is 41.5 Å². The summed E-state index contributed by atoms with van der Waals surface area (Å²) in [6.07, 6.45) is 0.635. The standard InChI is InChI=1S/C15H30O4Si/c1-10(2)20(11(3)4,12(5)6)19-9-14-15(17)13(16)7-8-18-14/h7-8,10-17H,9H2,1-6H3/t13?,14?,15-/m0/s1. The molecular formula is C15H30O4Si. The molecule has 0 spiro atoms. The van der Waals surface area contributed by atoms with E-state index in [0.717, 1.165) is 0 Å². The minimum atomic E-state index is -1.96. The van der Waals surface area contributed by atoms with Gasteiger partial charge in [0.05, 0.1) is 12.9 Å². The Morgan fingerprint density at radius 1 is 1.05 bits per heavy atom. The molecule has 0 amide bonds. The van der Waals surface area contributed by atoms with E-state index in [-0.39, 0.29) is 0 Å². The molecule has 3 atom stereocenters. The topological polar surface area (TPSA) is 58.9 Å². The summed E-state index contributed by atoms with van der Waals surface area (Å²) in [4.78, 5) is 0. The number of aliphatic hydroxyl groups is 2. The molecule has 20 heavy (non-hydrogen) atoms. The molecule has 2 unspecified atom stereocenters. The molecule has 0 aromatic rings. The van der Waals surface area contributed by atoms with E-state index >= 15 is 0 Å². The van der Waals surface area contributed by atoms with Crippen molar-refractivity contribution in [3.05, 3.63) is 12.3 Å². The Labute approximate surface area is 123 Å². The van der Waals surface area contributed by atoms with Gasteiger partial charge in [0.2, 0.25) is 8.32 Å². The largest absolute Gasteiger partial charge is 0.493 e. The van der Waals surface area contributed by atoms with Gasteiger partial charge >= 0.3 is 0 Å². The van der Waals surface area contributed by atoms with E-state index in [1.807, 2.05) is 0 Å². The number of hydrogen-bond donors (Lipinski definition) is 2. The molecule has 1 rings (SSSR count). The van der Waals surface area contributed by atoms with Crippen LogP contribution in [0.15, 0.2) is 12.3 Å². The Morgan fingerprint density at radius 2 is 1.55 bits per heavy atom. The molecule has 0 aromatic heterocycles. The fourth-order valence-corrected chi connectivity index (χ4v) is 8.96. The summed E-state index contributed by atoms with van der Waals surface area (Å²) in [6, 6.07) is 0. The second-order valence-corrected chi connectivity index (χ2v) is 12.1. The highest BCUT2D eigenvalue weighted by atomic mass is 28.4. The fourth-order valence-electron chi connectivity index (χ4n) is 3.51. The molecule has 0 saturated heterocycles. The van der Waals surface area contributed by atoms with Crippen LogP contribution >= 0.6 is 0 Å². The SMILES string of the molecule is CC(C)[Si](OCC1OC=CC(O)[C@@H]1O)(C(C)C)C(C)C. The molecule has 0 saturated carbocycles. The van der Waals surface area contributed by atoms with Crippen LogP contribution in [0.1, 0.15) is 41.5 Å². The quantitative estimate of drug-likeness (QED) is 0.741. The zero-order chi connectivity index (χ0) is 15.5. The second kappa shape index (κ2) is 7.07. The maximum Gasteiger partial charge on any atom is 0.200 e. The minimum Gasteiger partial charge on any atom is -0.493 e. The lowest BCUT2D eigenvalue weighted by Crippen LogP contribution is -2.51. The molecule has 4 nitrogen and oxygen atoms in total. The highest BCUT2D eigenvalue weighted by molar-refractivity contribution is 6.77. The van der Waals surface area contributed by atoms with E-state index in [9.17, 15) is 10.2 Å². The van der Waals surface area contributed by atoms with Gasteiger partial charge in [0.25, 0.3) is 0 Å². The number of rotatable bonds is 6. The highest BCUT2D eigenvalue weighted by Gasteiger charge is 2.46. The van der Waals surface area contributed by atoms with Crippen LogP contribution in [0.4, 0.5) is 0 Å². The Balaban J connectivity index is 2.79. The molecule has 5 heteroatoms. The second-order valence-electron chi connectivity index (χ2n) is 6.61. The summed E-state index contributed by atoms with van der Waals surface area (Å²) in [5.41, 5.74) is 1.47. The molecule has 0 aliphatic carbocycles. The molecule has 1 aliphatic heterocycles. The van der Waals surface area contributed by atoms with Crippen molar-refractivity contribution < 1.29 is 19.4 Å². The minimum absolute atomic E-state index is 0.337. The van der Waals surface area contributed by atoms with Crippen molar-refractivity contribution in [1.82, 2.24) is 0 Å². The molecule has 0 radical (unpaired) electrons. The Hall–Kier alpha value is -0.363. The third-order valence-electron chi connectivity index (χ3n) is 4.46. The van der Waals surface area contributed by atoms with Gasteiger partial charge in [-0.05, 0) is 22.7 Å². The van der Waals surface area contributed by atoms with Crippen molar-refractivity contribution in [2.24, 2.45) is 0 Å². The Bertz CT molecular complexity index is 306. The molecule has 1 heterocycles. The van der Waals surface area contributed by atoms with Crippen molar-refractivity contribution in [2.45, 2.75) is 76.5 Å². The van der Waals surface area contributed by atoms with Crippen LogP contribution in [0, 0.1) is 0 Å². The van der Waals surface area contributed by atoms with Crippen LogP contribution in [-0.2, 0) is 9.16 Å². The van der Waals surface area contributed by atoms with Gasteiger partial charge in [-0.25, -0.2) is 0 Å². The lowest BCUT2D eigenvalue weighted by atomic mass is 10.1. The molecule has 1 aliphatic rings. The summed E-state index contributed by atoms with van der Waals surface area (Å²) in [7, 11) is -1.96. The average molecular weight is 302 g/mol. The van der Waals surface area contributed by atoms with Gasteiger partial charge in [-0.2, -0.15) is 0 Å². The van der Waals surface area contributed by atoms with E-state index in [4.69, 9.17) is 9.16 Å². The number of ether oxygens (including phenoxy) is 1. The lowest BCUT2D eigenvalue weighted by molar-refractivity contribution is -0.0792. The summed E-state index contributed by atoms with van der Waals surface area (Å²) in [5.74, 6) is 0. The zero-order valence-electron chi connectivity index (χ0n) is 13.5. The Morgan fingerprint density at radius 3 is 2.00 bits per heavy atom.